The van der Waals surface area contributed by atoms with Crippen LogP contribution in [0.4, 0.5) is 0 Å². The van der Waals surface area contributed by atoms with E-state index in [2.05, 4.69) is 35.6 Å². The number of methoxy groups -OCH3 is 2. The molecule has 106 valence electrons. The second-order valence-corrected chi connectivity index (χ2v) is 4.61. The molecule has 0 bridgehead atoms. The topological polar surface area (TPSA) is 30.5 Å². The van der Waals surface area contributed by atoms with Crippen molar-refractivity contribution in [3.8, 4) is 11.5 Å². The first kappa shape index (κ1) is 14.4. The standard InChI is InChI=1S/C17H21NO2/c1-18-15(12-13-8-5-4-6-9-13)14-10-7-11-16(19-2)17(14)20-3/h4-11,15,18H,12H2,1-3H3/t15-/m1/s1. The summed E-state index contributed by atoms with van der Waals surface area (Å²) in [6, 6.07) is 16.6. The third kappa shape index (κ3) is 3.11. The van der Waals surface area contributed by atoms with Crippen molar-refractivity contribution in [2.24, 2.45) is 0 Å². The molecular formula is C17H21NO2. The molecular weight excluding hydrogens is 250 g/mol. The quantitative estimate of drug-likeness (QED) is 0.875. The van der Waals surface area contributed by atoms with Crippen molar-refractivity contribution in [2.75, 3.05) is 21.3 Å². The largest absolute Gasteiger partial charge is 0.493 e. The van der Waals surface area contributed by atoms with E-state index in [1.807, 2.05) is 25.2 Å². The lowest BCUT2D eigenvalue weighted by atomic mass is 9.98. The lowest BCUT2D eigenvalue weighted by Crippen LogP contribution is -2.19. The lowest BCUT2D eigenvalue weighted by Gasteiger charge is -2.21. The highest BCUT2D eigenvalue weighted by Crippen LogP contribution is 2.35. The Morgan fingerprint density at radius 1 is 0.950 bits per heavy atom. The van der Waals surface area contributed by atoms with E-state index in [9.17, 15) is 0 Å². The van der Waals surface area contributed by atoms with Crippen LogP contribution in [0.5, 0.6) is 11.5 Å². The van der Waals surface area contributed by atoms with E-state index >= 15 is 0 Å². The minimum Gasteiger partial charge on any atom is -0.493 e. The first-order valence-electron chi connectivity index (χ1n) is 6.72. The highest BCUT2D eigenvalue weighted by Gasteiger charge is 2.18. The molecule has 0 aliphatic rings. The van der Waals surface area contributed by atoms with Gasteiger partial charge in [-0.15, -0.1) is 0 Å². The third-order valence-corrected chi connectivity index (χ3v) is 3.44. The minimum atomic E-state index is 0.183. The van der Waals surface area contributed by atoms with E-state index < -0.39 is 0 Å². The fraction of sp³-hybridized carbons (Fsp3) is 0.294. The van der Waals surface area contributed by atoms with Crippen molar-refractivity contribution in [3.05, 3.63) is 59.7 Å². The summed E-state index contributed by atoms with van der Waals surface area (Å²) >= 11 is 0. The molecule has 0 radical (unpaired) electrons. The van der Waals surface area contributed by atoms with Crippen LogP contribution in [0.1, 0.15) is 17.2 Å². The van der Waals surface area contributed by atoms with Gasteiger partial charge in [-0.2, -0.15) is 0 Å². The summed E-state index contributed by atoms with van der Waals surface area (Å²) in [5, 5.41) is 3.36. The zero-order valence-electron chi connectivity index (χ0n) is 12.2. The van der Waals surface area contributed by atoms with Gasteiger partial charge < -0.3 is 14.8 Å². The van der Waals surface area contributed by atoms with E-state index in [0.29, 0.717) is 0 Å². The summed E-state index contributed by atoms with van der Waals surface area (Å²) in [4.78, 5) is 0. The first-order chi connectivity index (χ1) is 9.80. The maximum atomic E-state index is 5.52. The van der Waals surface area contributed by atoms with Gasteiger partial charge in [0.15, 0.2) is 11.5 Å². The van der Waals surface area contributed by atoms with E-state index in [1.165, 1.54) is 5.56 Å². The maximum Gasteiger partial charge on any atom is 0.165 e. The van der Waals surface area contributed by atoms with Crippen LogP contribution >= 0.6 is 0 Å². The van der Waals surface area contributed by atoms with Crippen LogP contribution in [0.25, 0.3) is 0 Å². The summed E-state index contributed by atoms with van der Waals surface area (Å²) in [6.07, 6.45) is 0.904. The molecule has 0 aliphatic carbocycles. The first-order valence-corrected chi connectivity index (χ1v) is 6.72. The molecule has 3 heteroatoms. The second kappa shape index (κ2) is 6.96. The van der Waals surface area contributed by atoms with Gasteiger partial charge in [-0.25, -0.2) is 0 Å². The molecule has 0 fully saturated rings. The van der Waals surface area contributed by atoms with Crippen LogP contribution in [0, 0.1) is 0 Å². The third-order valence-electron chi connectivity index (χ3n) is 3.44. The number of ether oxygens (including phenoxy) is 2. The van der Waals surface area contributed by atoms with Crippen molar-refractivity contribution in [1.82, 2.24) is 5.32 Å². The molecule has 0 spiro atoms. The summed E-state index contributed by atoms with van der Waals surface area (Å²) in [5.74, 6) is 1.56. The van der Waals surface area contributed by atoms with Crippen LogP contribution in [0.3, 0.4) is 0 Å². The molecule has 0 aromatic heterocycles. The van der Waals surface area contributed by atoms with Crippen molar-refractivity contribution in [1.29, 1.82) is 0 Å². The Balaban J connectivity index is 2.32. The lowest BCUT2D eigenvalue weighted by molar-refractivity contribution is 0.347. The fourth-order valence-electron chi connectivity index (χ4n) is 2.40. The summed E-state index contributed by atoms with van der Waals surface area (Å²) in [7, 11) is 5.30. The van der Waals surface area contributed by atoms with E-state index in [0.717, 1.165) is 23.5 Å². The average molecular weight is 271 g/mol. The predicted octanol–water partition coefficient (Wildman–Crippen LogP) is 3.21. The Kier molecular flexibility index (Phi) is 5.02. The molecule has 2 rings (SSSR count). The van der Waals surface area contributed by atoms with Gasteiger partial charge in [-0.05, 0) is 25.1 Å². The Morgan fingerprint density at radius 3 is 2.30 bits per heavy atom. The smallest absolute Gasteiger partial charge is 0.165 e. The molecule has 0 unspecified atom stereocenters. The predicted molar refractivity (Wildman–Crippen MR) is 81.5 cm³/mol. The van der Waals surface area contributed by atoms with Crippen LogP contribution in [-0.4, -0.2) is 21.3 Å². The van der Waals surface area contributed by atoms with E-state index in [4.69, 9.17) is 9.47 Å². The van der Waals surface area contributed by atoms with E-state index in [-0.39, 0.29) is 6.04 Å². The van der Waals surface area contributed by atoms with Gasteiger partial charge in [0.25, 0.3) is 0 Å². The Labute approximate surface area is 120 Å². The van der Waals surface area contributed by atoms with Gasteiger partial charge in [-0.1, -0.05) is 42.5 Å². The summed E-state index contributed by atoms with van der Waals surface area (Å²) in [6.45, 7) is 0. The molecule has 1 atom stereocenters. The van der Waals surface area contributed by atoms with Crippen LogP contribution < -0.4 is 14.8 Å². The Bertz CT molecular complexity index is 540. The number of hydrogen-bond donors (Lipinski definition) is 1. The monoisotopic (exact) mass is 271 g/mol. The van der Waals surface area contributed by atoms with Crippen molar-refractivity contribution in [3.63, 3.8) is 0 Å². The summed E-state index contributed by atoms with van der Waals surface area (Å²) < 4.78 is 10.9. The zero-order valence-corrected chi connectivity index (χ0v) is 12.2. The van der Waals surface area contributed by atoms with Gasteiger partial charge in [0.1, 0.15) is 0 Å². The number of para-hydroxylation sites is 1. The molecule has 0 heterocycles. The normalized spacial score (nSPS) is 11.9. The van der Waals surface area contributed by atoms with Gasteiger partial charge in [0, 0.05) is 11.6 Å². The van der Waals surface area contributed by atoms with Gasteiger partial charge >= 0.3 is 0 Å². The number of rotatable bonds is 6. The van der Waals surface area contributed by atoms with Gasteiger partial charge in [0.05, 0.1) is 14.2 Å². The molecule has 2 aromatic carbocycles. The molecule has 0 saturated carbocycles. The van der Waals surface area contributed by atoms with Crippen molar-refractivity contribution in [2.45, 2.75) is 12.5 Å². The average Bonchev–Trinajstić information content (AvgIpc) is 2.52. The Hall–Kier alpha value is -2.00. The van der Waals surface area contributed by atoms with Crippen molar-refractivity contribution >= 4 is 0 Å². The van der Waals surface area contributed by atoms with Crippen LogP contribution in [-0.2, 0) is 6.42 Å². The fourth-order valence-corrected chi connectivity index (χ4v) is 2.40. The minimum absolute atomic E-state index is 0.183. The van der Waals surface area contributed by atoms with Gasteiger partial charge in [0.2, 0.25) is 0 Å². The second-order valence-electron chi connectivity index (χ2n) is 4.61. The summed E-state index contributed by atoms with van der Waals surface area (Å²) in [5.41, 5.74) is 2.40. The molecule has 2 aromatic rings. The van der Waals surface area contributed by atoms with Crippen LogP contribution in [0.2, 0.25) is 0 Å². The molecule has 0 aliphatic heterocycles. The number of nitrogens with one attached hydrogen (secondary N) is 1. The number of likely N-dealkylation sites (N-methyl/N-ethyl adjacent to an activating group) is 1. The number of hydrogen-bond acceptors (Lipinski definition) is 3. The van der Waals surface area contributed by atoms with E-state index in [1.54, 1.807) is 14.2 Å². The number of benzene rings is 2. The van der Waals surface area contributed by atoms with Gasteiger partial charge in [-0.3, -0.25) is 0 Å². The highest BCUT2D eigenvalue weighted by molar-refractivity contribution is 5.48. The molecule has 20 heavy (non-hydrogen) atoms. The molecule has 0 saturated heterocycles. The zero-order chi connectivity index (χ0) is 14.4. The van der Waals surface area contributed by atoms with Crippen LogP contribution in [0.15, 0.2) is 48.5 Å². The maximum absolute atomic E-state index is 5.52. The molecule has 3 nitrogen and oxygen atoms in total. The molecule has 0 amide bonds. The Morgan fingerprint density at radius 2 is 1.70 bits per heavy atom. The SMILES string of the molecule is CN[C@H](Cc1ccccc1)c1cccc(OC)c1OC. The highest BCUT2D eigenvalue weighted by atomic mass is 16.5. The molecule has 1 N–H and O–H groups in total. The van der Waals surface area contributed by atoms with Crippen molar-refractivity contribution < 1.29 is 9.47 Å².